The number of piperidine rings is 1. The molecule has 0 aromatic carbocycles. The van der Waals surface area contributed by atoms with Crippen LogP contribution in [0.1, 0.15) is 24.2 Å². The number of likely N-dealkylation sites (tertiary alicyclic amines) is 1. The minimum Gasteiger partial charge on any atom is -0.324 e. The van der Waals surface area contributed by atoms with E-state index < -0.39 is 0 Å². The topological polar surface area (TPSA) is 71.0 Å². The standard InChI is InChI=1S/C15H19N5OS/c1-11-17-14(22-19-11)18-15(21)20-7-3-5-13(10-20)8-12-4-2-6-16-9-12/h2,4,6,9,13H,3,5,7-8,10H2,1H3,(H,17,18,19,21). The second-order valence-corrected chi connectivity index (χ2v) is 6.35. The molecule has 3 heterocycles. The second kappa shape index (κ2) is 6.83. The number of aromatic nitrogens is 3. The monoisotopic (exact) mass is 317 g/mol. The molecule has 1 aliphatic rings. The lowest BCUT2D eigenvalue weighted by Gasteiger charge is -2.32. The van der Waals surface area contributed by atoms with Crippen molar-refractivity contribution in [2.45, 2.75) is 26.2 Å². The Kier molecular flexibility index (Phi) is 4.62. The van der Waals surface area contributed by atoms with Crippen molar-refractivity contribution in [2.24, 2.45) is 5.92 Å². The third-order valence-electron chi connectivity index (χ3n) is 3.79. The molecule has 0 spiro atoms. The van der Waals surface area contributed by atoms with Crippen LogP contribution in [0.3, 0.4) is 0 Å². The Morgan fingerprint density at radius 1 is 1.55 bits per heavy atom. The first-order valence-corrected chi connectivity index (χ1v) is 8.23. The molecule has 2 aromatic heterocycles. The molecule has 2 amide bonds. The minimum atomic E-state index is -0.0768. The maximum atomic E-state index is 12.3. The predicted molar refractivity (Wildman–Crippen MR) is 85.9 cm³/mol. The molecule has 1 fully saturated rings. The van der Waals surface area contributed by atoms with Gasteiger partial charge in [0.15, 0.2) is 0 Å². The number of anilines is 1. The molecule has 3 rings (SSSR count). The van der Waals surface area contributed by atoms with Crippen molar-refractivity contribution in [1.82, 2.24) is 19.2 Å². The van der Waals surface area contributed by atoms with Crippen LogP contribution < -0.4 is 5.32 Å². The third-order valence-corrected chi connectivity index (χ3v) is 4.52. The molecule has 22 heavy (non-hydrogen) atoms. The molecule has 1 unspecified atom stereocenters. The van der Waals surface area contributed by atoms with Gasteiger partial charge in [-0.2, -0.15) is 4.37 Å². The number of nitrogens with zero attached hydrogens (tertiary/aromatic N) is 4. The van der Waals surface area contributed by atoms with Crippen LogP contribution in [0, 0.1) is 12.8 Å². The van der Waals surface area contributed by atoms with Gasteiger partial charge in [-0.25, -0.2) is 9.78 Å². The van der Waals surface area contributed by atoms with E-state index in [2.05, 4.69) is 25.7 Å². The van der Waals surface area contributed by atoms with E-state index >= 15 is 0 Å². The average Bonchev–Trinajstić information content (AvgIpc) is 2.93. The molecule has 6 nitrogen and oxygen atoms in total. The van der Waals surface area contributed by atoms with Gasteiger partial charge >= 0.3 is 6.03 Å². The van der Waals surface area contributed by atoms with Gasteiger partial charge in [-0.1, -0.05) is 6.07 Å². The smallest absolute Gasteiger partial charge is 0.323 e. The Morgan fingerprint density at radius 2 is 2.45 bits per heavy atom. The van der Waals surface area contributed by atoms with E-state index in [1.54, 1.807) is 6.20 Å². The number of carbonyl (C=O) groups is 1. The van der Waals surface area contributed by atoms with Gasteiger partial charge in [0, 0.05) is 37.0 Å². The molecule has 116 valence electrons. The van der Waals surface area contributed by atoms with Crippen LogP contribution in [-0.2, 0) is 6.42 Å². The highest BCUT2D eigenvalue weighted by atomic mass is 32.1. The molecule has 0 radical (unpaired) electrons. The lowest BCUT2D eigenvalue weighted by molar-refractivity contribution is 0.177. The average molecular weight is 317 g/mol. The Labute approximate surface area is 133 Å². The number of urea groups is 1. The SMILES string of the molecule is Cc1nsc(NC(=O)N2CCCC(Cc3cccnc3)C2)n1. The first-order valence-electron chi connectivity index (χ1n) is 7.46. The molecule has 0 bridgehead atoms. The summed E-state index contributed by atoms with van der Waals surface area (Å²) in [6.45, 7) is 3.39. The molecule has 1 saturated heterocycles. The second-order valence-electron chi connectivity index (χ2n) is 5.60. The van der Waals surface area contributed by atoms with Gasteiger partial charge in [0.2, 0.25) is 5.13 Å². The zero-order valence-electron chi connectivity index (χ0n) is 12.5. The molecule has 0 saturated carbocycles. The van der Waals surface area contributed by atoms with Gasteiger partial charge in [0.25, 0.3) is 0 Å². The highest BCUT2D eigenvalue weighted by molar-refractivity contribution is 7.09. The van der Waals surface area contributed by atoms with Crippen LogP contribution in [0.15, 0.2) is 24.5 Å². The predicted octanol–water partition coefficient (Wildman–Crippen LogP) is 2.73. The Bertz CT molecular complexity index is 630. The van der Waals surface area contributed by atoms with E-state index in [0.717, 1.165) is 32.4 Å². The number of hydrogen-bond donors (Lipinski definition) is 1. The lowest BCUT2D eigenvalue weighted by Crippen LogP contribution is -2.42. The molecule has 0 aliphatic carbocycles. The molecule has 2 aromatic rings. The number of amides is 2. The Hall–Kier alpha value is -2.02. The fourth-order valence-corrected chi connectivity index (χ4v) is 3.35. The number of carbonyl (C=O) groups excluding carboxylic acids is 1. The summed E-state index contributed by atoms with van der Waals surface area (Å²) in [6.07, 6.45) is 6.84. The lowest BCUT2D eigenvalue weighted by atomic mass is 9.92. The molecule has 1 N–H and O–H groups in total. The van der Waals surface area contributed by atoms with Crippen molar-refractivity contribution in [2.75, 3.05) is 18.4 Å². The zero-order chi connectivity index (χ0) is 15.4. The summed E-state index contributed by atoms with van der Waals surface area (Å²) in [7, 11) is 0. The van der Waals surface area contributed by atoms with Gasteiger partial charge in [-0.3, -0.25) is 10.3 Å². The number of nitrogens with one attached hydrogen (secondary N) is 1. The number of rotatable bonds is 3. The highest BCUT2D eigenvalue weighted by Gasteiger charge is 2.24. The van der Waals surface area contributed by atoms with Crippen molar-refractivity contribution < 1.29 is 4.79 Å². The Balaban J connectivity index is 1.57. The summed E-state index contributed by atoms with van der Waals surface area (Å²) >= 11 is 1.22. The fourth-order valence-electron chi connectivity index (χ4n) is 2.79. The summed E-state index contributed by atoms with van der Waals surface area (Å²) in [5, 5.41) is 3.40. The van der Waals surface area contributed by atoms with E-state index in [4.69, 9.17) is 0 Å². The fraction of sp³-hybridized carbons (Fsp3) is 0.467. The van der Waals surface area contributed by atoms with Crippen molar-refractivity contribution in [3.8, 4) is 0 Å². The number of hydrogen-bond acceptors (Lipinski definition) is 5. The molecule has 7 heteroatoms. The van der Waals surface area contributed by atoms with Crippen LogP contribution >= 0.6 is 11.5 Å². The Morgan fingerprint density at radius 3 is 3.18 bits per heavy atom. The van der Waals surface area contributed by atoms with Gasteiger partial charge in [-0.05, 0) is 43.7 Å². The van der Waals surface area contributed by atoms with Gasteiger partial charge in [0.1, 0.15) is 5.82 Å². The number of aryl methyl sites for hydroxylation is 1. The van der Waals surface area contributed by atoms with Gasteiger partial charge < -0.3 is 4.90 Å². The van der Waals surface area contributed by atoms with Crippen LogP contribution in [0.2, 0.25) is 0 Å². The molecular weight excluding hydrogens is 298 g/mol. The van der Waals surface area contributed by atoms with E-state index in [1.807, 2.05) is 24.1 Å². The zero-order valence-corrected chi connectivity index (χ0v) is 13.3. The van der Waals surface area contributed by atoms with Crippen LogP contribution in [-0.4, -0.2) is 38.4 Å². The maximum Gasteiger partial charge on any atom is 0.323 e. The summed E-state index contributed by atoms with van der Waals surface area (Å²) in [6, 6.07) is 3.98. The summed E-state index contributed by atoms with van der Waals surface area (Å²) in [4.78, 5) is 22.5. The van der Waals surface area contributed by atoms with Crippen molar-refractivity contribution in [3.63, 3.8) is 0 Å². The van der Waals surface area contributed by atoms with Crippen LogP contribution in [0.25, 0.3) is 0 Å². The molecule has 1 atom stereocenters. The first kappa shape index (κ1) is 14.9. The summed E-state index contributed by atoms with van der Waals surface area (Å²) in [5.74, 6) is 1.17. The number of pyridine rings is 1. The minimum absolute atomic E-state index is 0.0768. The van der Waals surface area contributed by atoms with Crippen molar-refractivity contribution in [1.29, 1.82) is 0 Å². The summed E-state index contributed by atoms with van der Waals surface area (Å²) < 4.78 is 4.08. The van der Waals surface area contributed by atoms with Crippen molar-refractivity contribution in [3.05, 3.63) is 35.9 Å². The van der Waals surface area contributed by atoms with E-state index in [0.29, 0.717) is 16.9 Å². The van der Waals surface area contributed by atoms with Gasteiger partial charge in [0.05, 0.1) is 0 Å². The van der Waals surface area contributed by atoms with E-state index in [-0.39, 0.29) is 6.03 Å². The largest absolute Gasteiger partial charge is 0.324 e. The van der Waals surface area contributed by atoms with E-state index in [1.165, 1.54) is 17.1 Å². The van der Waals surface area contributed by atoms with E-state index in [9.17, 15) is 4.79 Å². The quantitative estimate of drug-likeness (QED) is 0.945. The van der Waals surface area contributed by atoms with Crippen LogP contribution in [0.5, 0.6) is 0 Å². The third kappa shape index (κ3) is 3.79. The summed E-state index contributed by atoms with van der Waals surface area (Å²) in [5.41, 5.74) is 1.23. The van der Waals surface area contributed by atoms with Crippen LogP contribution in [0.4, 0.5) is 9.93 Å². The first-order chi connectivity index (χ1) is 10.7. The highest BCUT2D eigenvalue weighted by Crippen LogP contribution is 2.21. The molecule has 1 aliphatic heterocycles. The van der Waals surface area contributed by atoms with Gasteiger partial charge in [-0.15, -0.1) is 0 Å². The maximum absolute atomic E-state index is 12.3. The molecular formula is C15H19N5OS. The van der Waals surface area contributed by atoms with Crippen molar-refractivity contribution >= 4 is 22.7 Å². The normalized spacial score (nSPS) is 18.2.